The summed E-state index contributed by atoms with van der Waals surface area (Å²) >= 11 is 0. The zero-order valence-electron chi connectivity index (χ0n) is 16.8. The second-order valence-corrected chi connectivity index (χ2v) is 7.68. The van der Waals surface area contributed by atoms with E-state index in [0.29, 0.717) is 43.2 Å². The van der Waals surface area contributed by atoms with Crippen LogP contribution in [0.2, 0.25) is 0 Å². The molecular weight excluding hydrogens is 397 g/mol. The quantitative estimate of drug-likeness (QED) is 0.743. The molecule has 1 saturated heterocycles. The van der Waals surface area contributed by atoms with Crippen LogP contribution in [0.3, 0.4) is 0 Å². The van der Waals surface area contributed by atoms with Crippen molar-refractivity contribution in [2.45, 2.75) is 45.3 Å². The van der Waals surface area contributed by atoms with Gasteiger partial charge in [-0.25, -0.2) is 0 Å². The van der Waals surface area contributed by atoms with E-state index in [0.717, 1.165) is 30.5 Å². The van der Waals surface area contributed by atoms with Gasteiger partial charge in [0.15, 0.2) is 5.76 Å². The second-order valence-electron chi connectivity index (χ2n) is 7.68. The Balaban J connectivity index is 1.39. The van der Waals surface area contributed by atoms with Gasteiger partial charge in [-0.15, -0.1) is 0 Å². The number of hydrogen-bond donors (Lipinski definition) is 1. The molecular formula is C22H25F3N2O3. The summed E-state index contributed by atoms with van der Waals surface area (Å²) in [5.74, 6) is 0.431. The number of hydrogen-bond acceptors (Lipinski definition) is 3. The number of piperidine rings is 1. The molecule has 0 spiro atoms. The average molecular weight is 422 g/mol. The number of rotatable bonds is 6. The number of likely N-dealkylation sites (tertiary alicyclic amines) is 1. The fourth-order valence-corrected chi connectivity index (χ4v) is 3.64. The van der Waals surface area contributed by atoms with E-state index in [1.165, 1.54) is 12.3 Å². The van der Waals surface area contributed by atoms with Gasteiger partial charge < -0.3 is 14.6 Å². The number of nitrogens with one attached hydrogen (secondary N) is 1. The highest BCUT2D eigenvalue weighted by Crippen LogP contribution is 2.29. The van der Waals surface area contributed by atoms with Crippen LogP contribution in [0.1, 0.15) is 52.9 Å². The van der Waals surface area contributed by atoms with E-state index in [4.69, 9.17) is 4.42 Å². The van der Waals surface area contributed by atoms with E-state index in [9.17, 15) is 22.8 Å². The molecule has 2 amide bonds. The Hall–Kier alpha value is -2.77. The third-order valence-corrected chi connectivity index (χ3v) is 5.48. The van der Waals surface area contributed by atoms with E-state index in [1.54, 1.807) is 17.0 Å². The molecule has 1 aromatic carbocycles. The lowest BCUT2D eigenvalue weighted by molar-refractivity contribution is -0.137. The minimum absolute atomic E-state index is 0.0677. The van der Waals surface area contributed by atoms with Crippen LogP contribution in [0.25, 0.3) is 0 Å². The minimum Gasteiger partial charge on any atom is -0.459 e. The Morgan fingerprint density at radius 2 is 1.93 bits per heavy atom. The molecule has 8 heteroatoms. The van der Waals surface area contributed by atoms with Gasteiger partial charge in [0.05, 0.1) is 11.8 Å². The number of furan rings is 1. The molecule has 5 nitrogen and oxygen atoms in total. The number of nitrogens with zero attached hydrogens (tertiary/aromatic N) is 1. The molecule has 2 heterocycles. The lowest BCUT2D eigenvalue weighted by Crippen LogP contribution is -2.38. The first-order chi connectivity index (χ1) is 14.2. The molecule has 0 bridgehead atoms. The lowest BCUT2D eigenvalue weighted by Gasteiger charge is -2.31. The van der Waals surface area contributed by atoms with Crippen molar-refractivity contribution in [2.75, 3.05) is 13.1 Å². The highest BCUT2D eigenvalue weighted by Gasteiger charge is 2.30. The van der Waals surface area contributed by atoms with E-state index in [2.05, 4.69) is 5.32 Å². The first-order valence-electron chi connectivity index (χ1n) is 10.00. The summed E-state index contributed by atoms with van der Waals surface area (Å²) in [6.07, 6.45) is -0.261. The van der Waals surface area contributed by atoms with Gasteiger partial charge in [0.1, 0.15) is 0 Å². The summed E-state index contributed by atoms with van der Waals surface area (Å²) in [6, 6.07) is 6.72. The third kappa shape index (κ3) is 5.64. The number of carbonyl (C=O) groups excluding carboxylic acids is 2. The van der Waals surface area contributed by atoms with Crippen LogP contribution in [-0.2, 0) is 17.5 Å². The van der Waals surface area contributed by atoms with Crippen LogP contribution in [0.4, 0.5) is 13.2 Å². The van der Waals surface area contributed by atoms with Crippen LogP contribution in [0.5, 0.6) is 0 Å². The molecule has 1 aliphatic rings. The summed E-state index contributed by atoms with van der Waals surface area (Å²) in [5, 5.41) is 2.69. The molecule has 0 unspecified atom stereocenters. The van der Waals surface area contributed by atoms with Gasteiger partial charge in [0.25, 0.3) is 5.91 Å². The van der Waals surface area contributed by atoms with Crippen molar-refractivity contribution >= 4 is 11.8 Å². The second kappa shape index (κ2) is 9.36. The van der Waals surface area contributed by atoms with E-state index >= 15 is 0 Å². The summed E-state index contributed by atoms with van der Waals surface area (Å²) < 4.78 is 43.5. The number of carbonyl (C=O) groups is 2. The monoisotopic (exact) mass is 422 g/mol. The van der Waals surface area contributed by atoms with Gasteiger partial charge in [0, 0.05) is 31.6 Å². The maximum atomic E-state index is 12.8. The first-order valence-corrected chi connectivity index (χ1v) is 10.00. The van der Waals surface area contributed by atoms with Gasteiger partial charge in [-0.2, -0.15) is 13.2 Å². The van der Waals surface area contributed by atoms with Crippen molar-refractivity contribution < 1.29 is 27.2 Å². The first kappa shape index (κ1) is 21.9. The average Bonchev–Trinajstić information content (AvgIpc) is 3.16. The minimum atomic E-state index is -4.40. The van der Waals surface area contributed by atoms with E-state index in [-0.39, 0.29) is 18.4 Å². The fraction of sp³-hybridized carbons (Fsp3) is 0.455. The van der Waals surface area contributed by atoms with Gasteiger partial charge >= 0.3 is 6.18 Å². The van der Waals surface area contributed by atoms with Crippen molar-refractivity contribution in [3.05, 3.63) is 59.0 Å². The highest BCUT2D eigenvalue weighted by atomic mass is 19.4. The maximum absolute atomic E-state index is 12.8. The number of halogens is 3. The smallest absolute Gasteiger partial charge is 0.416 e. The molecule has 0 saturated carbocycles. The Morgan fingerprint density at radius 3 is 2.57 bits per heavy atom. The molecule has 2 aromatic rings. The molecule has 1 aromatic heterocycles. The molecule has 3 rings (SSSR count). The van der Waals surface area contributed by atoms with Crippen molar-refractivity contribution in [3.8, 4) is 0 Å². The maximum Gasteiger partial charge on any atom is 0.416 e. The van der Waals surface area contributed by atoms with Gasteiger partial charge in [-0.05, 0) is 55.9 Å². The van der Waals surface area contributed by atoms with Crippen LogP contribution in [-0.4, -0.2) is 29.8 Å². The molecule has 1 aliphatic heterocycles. The molecule has 0 aliphatic carbocycles. The van der Waals surface area contributed by atoms with Crippen molar-refractivity contribution in [1.29, 1.82) is 0 Å². The number of benzene rings is 1. The van der Waals surface area contributed by atoms with Crippen molar-refractivity contribution in [3.63, 3.8) is 0 Å². The number of amides is 2. The third-order valence-electron chi connectivity index (χ3n) is 5.48. The van der Waals surface area contributed by atoms with Gasteiger partial charge in [-0.3, -0.25) is 9.59 Å². The standard InChI is InChI=1S/C22H25F3N2O3/c1-15-9-12-30-20(15)21(29)27-10-7-16(8-11-27)5-6-19(28)26-14-17-3-2-4-18(13-17)22(23,24)25/h2-4,9,12-13,16H,5-8,10-11,14H2,1H3,(H,26,28). The summed E-state index contributed by atoms with van der Waals surface area (Å²) in [4.78, 5) is 26.3. The highest BCUT2D eigenvalue weighted by molar-refractivity contribution is 5.92. The zero-order valence-corrected chi connectivity index (χ0v) is 16.8. The van der Waals surface area contributed by atoms with Gasteiger partial charge in [-0.1, -0.05) is 12.1 Å². The molecule has 1 fully saturated rings. The Morgan fingerprint density at radius 1 is 1.20 bits per heavy atom. The number of aryl methyl sites for hydroxylation is 1. The number of alkyl halides is 3. The fourth-order valence-electron chi connectivity index (χ4n) is 3.64. The van der Waals surface area contributed by atoms with Crippen molar-refractivity contribution in [2.24, 2.45) is 5.92 Å². The Bertz CT molecular complexity index is 884. The van der Waals surface area contributed by atoms with E-state index < -0.39 is 11.7 Å². The van der Waals surface area contributed by atoms with Crippen LogP contribution >= 0.6 is 0 Å². The molecule has 0 radical (unpaired) electrons. The summed E-state index contributed by atoms with van der Waals surface area (Å²) in [5.41, 5.74) is 0.512. The predicted molar refractivity (Wildman–Crippen MR) is 105 cm³/mol. The largest absolute Gasteiger partial charge is 0.459 e. The SMILES string of the molecule is Cc1ccoc1C(=O)N1CCC(CCC(=O)NCc2cccc(C(F)(F)F)c2)CC1. The van der Waals surface area contributed by atoms with Crippen molar-refractivity contribution in [1.82, 2.24) is 10.2 Å². The summed E-state index contributed by atoms with van der Waals surface area (Å²) in [6.45, 7) is 3.14. The molecule has 1 N–H and O–H groups in total. The van der Waals surface area contributed by atoms with Crippen LogP contribution in [0.15, 0.2) is 41.0 Å². The van der Waals surface area contributed by atoms with Crippen LogP contribution in [0, 0.1) is 12.8 Å². The molecule has 0 atom stereocenters. The Labute approximate surface area is 173 Å². The predicted octanol–water partition coefficient (Wildman–Crippen LogP) is 4.56. The summed E-state index contributed by atoms with van der Waals surface area (Å²) in [7, 11) is 0. The van der Waals surface area contributed by atoms with Crippen LogP contribution < -0.4 is 5.32 Å². The topological polar surface area (TPSA) is 62.6 Å². The molecule has 30 heavy (non-hydrogen) atoms. The normalized spacial score (nSPS) is 15.3. The lowest BCUT2D eigenvalue weighted by atomic mass is 9.92. The van der Waals surface area contributed by atoms with Gasteiger partial charge in [0.2, 0.25) is 5.91 Å². The molecule has 162 valence electrons. The van der Waals surface area contributed by atoms with E-state index in [1.807, 2.05) is 6.92 Å². The zero-order chi connectivity index (χ0) is 21.7. The Kier molecular flexibility index (Phi) is 6.84.